The van der Waals surface area contributed by atoms with Crippen molar-refractivity contribution >= 4 is 21.8 Å². The fourth-order valence-electron chi connectivity index (χ4n) is 3.29. The topological polar surface area (TPSA) is 118 Å². The molecule has 0 bridgehead atoms. The van der Waals surface area contributed by atoms with Gasteiger partial charge in [0.15, 0.2) is 15.6 Å². The van der Waals surface area contributed by atoms with E-state index in [0.29, 0.717) is 23.4 Å². The minimum atomic E-state index is -3.14. The van der Waals surface area contributed by atoms with E-state index in [-0.39, 0.29) is 17.1 Å². The van der Waals surface area contributed by atoms with Crippen LogP contribution in [-0.2, 0) is 14.6 Å². The van der Waals surface area contributed by atoms with E-state index in [0.717, 1.165) is 5.69 Å². The number of benzene rings is 1. The van der Waals surface area contributed by atoms with Crippen LogP contribution in [0.3, 0.4) is 0 Å². The van der Waals surface area contributed by atoms with E-state index in [1.807, 2.05) is 36.4 Å². The van der Waals surface area contributed by atoms with E-state index in [1.54, 1.807) is 23.0 Å². The first-order chi connectivity index (χ1) is 14.4. The summed E-state index contributed by atoms with van der Waals surface area (Å²) in [4.78, 5) is 12.6. The molecular weight excluding hydrogens is 404 g/mol. The zero-order valence-corrected chi connectivity index (χ0v) is 16.7. The summed E-state index contributed by atoms with van der Waals surface area (Å²) in [7, 11) is -3.14. The number of hydrogen-bond acceptors (Lipinski definition) is 6. The number of carbonyl (C=O) groups is 1. The fraction of sp³-hybridized carbons (Fsp3) is 0.190. The lowest BCUT2D eigenvalue weighted by molar-refractivity contribution is -0.117. The molecule has 30 heavy (non-hydrogen) atoms. The maximum Gasteiger partial charge on any atom is 0.262 e. The van der Waals surface area contributed by atoms with Gasteiger partial charge in [0, 0.05) is 17.8 Å². The number of furan rings is 1. The number of carbonyl (C=O) groups excluding carboxylic acids is 1. The Labute approximate surface area is 173 Å². The van der Waals surface area contributed by atoms with Gasteiger partial charge in [0.25, 0.3) is 5.91 Å². The molecule has 0 saturated carbocycles. The molecule has 1 saturated heterocycles. The molecular formula is C21H18N4O4S. The van der Waals surface area contributed by atoms with Crippen molar-refractivity contribution in [3.8, 4) is 23.2 Å². The third-order valence-electron chi connectivity index (χ3n) is 4.75. The molecule has 1 atom stereocenters. The number of nitriles is 1. The van der Waals surface area contributed by atoms with Crippen LogP contribution in [0.1, 0.15) is 12.0 Å². The Kier molecular flexibility index (Phi) is 5.25. The summed E-state index contributed by atoms with van der Waals surface area (Å²) in [5.74, 6) is -0.190. The number of hydrogen-bond donors (Lipinski definition) is 1. The van der Waals surface area contributed by atoms with Crippen molar-refractivity contribution in [1.82, 2.24) is 15.1 Å². The summed E-state index contributed by atoms with van der Waals surface area (Å²) >= 11 is 0. The highest BCUT2D eigenvalue weighted by Crippen LogP contribution is 2.26. The highest BCUT2D eigenvalue weighted by molar-refractivity contribution is 7.91. The predicted molar refractivity (Wildman–Crippen MR) is 110 cm³/mol. The minimum absolute atomic E-state index is 0.0377. The number of rotatable bonds is 5. The van der Waals surface area contributed by atoms with Gasteiger partial charge in [-0.2, -0.15) is 10.4 Å². The summed E-state index contributed by atoms with van der Waals surface area (Å²) in [5.41, 5.74) is 1.68. The van der Waals surface area contributed by atoms with Crippen LogP contribution in [-0.4, -0.2) is 41.7 Å². The number of nitrogens with zero attached hydrogens (tertiary/aromatic N) is 3. The summed E-state index contributed by atoms with van der Waals surface area (Å²) < 4.78 is 30.3. The highest BCUT2D eigenvalue weighted by atomic mass is 32.2. The van der Waals surface area contributed by atoms with Gasteiger partial charge in [0.1, 0.15) is 17.3 Å². The summed E-state index contributed by atoms with van der Waals surface area (Å²) in [6, 6.07) is 14.3. The molecule has 0 aliphatic carbocycles. The van der Waals surface area contributed by atoms with Gasteiger partial charge in [-0.3, -0.25) is 4.79 Å². The van der Waals surface area contributed by atoms with E-state index < -0.39 is 21.8 Å². The van der Waals surface area contributed by atoms with Crippen molar-refractivity contribution < 1.29 is 17.6 Å². The van der Waals surface area contributed by atoms with Gasteiger partial charge in [-0.15, -0.1) is 0 Å². The zero-order chi connectivity index (χ0) is 21.1. The molecule has 0 radical (unpaired) electrons. The number of aromatic nitrogens is 2. The van der Waals surface area contributed by atoms with Crippen LogP contribution in [0.2, 0.25) is 0 Å². The predicted octanol–water partition coefficient (Wildman–Crippen LogP) is 2.34. The fourth-order valence-corrected chi connectivity index (χ4v) is 4.96. The van der Waals surface area contributed by atoms with Crippen molar-refractivity contribution in [2.45, 2.75) is 12.5 Å². The molecule has 1 aliphatic heterocycles. The Hall–Kier alpha value is -3.64. The molecule has 1 amide bonds. The monoisotopic (exact) mass is 422 g/mol. The molecule has 0 spiro atoms. The lowest BCUT2D eigenvalue weighted by Crippen LogP contribution is -2.36. The van der Waals surface area contributed by atoms with Crippen molar-refractivity contribution in [3.05, 3.63) is 66.1 Å². The van der Waals surface area contributed by atoms with E-state index in [9.17, 15) is 18.5 Å². The lowest BCUT2D eigenvalue weighted by Gasteiger charge is -2.09. The standard InChI is InChI=1S/C21H18N4O4S/c22-12-15(21(26)23-17-8-10-30(27,28)14-17)11-16-13-25(18-5-2-1-3-6-18)24-20(16)19-7-4-9-29-19/h1-7,9,11,13,17H,8,10,14H2,(H,23,26)/b15-11+. The molecule has 1 N–H and O–H groups in total. The molecule has 1 aliphatic rings. The molecule has 9 heteroatoms. The zero-order valence-electron chi connectivity index (χ0n) is 15.9. The third kappa shape index (κ3) is 4.18. The Bertz CT molecular complexity index is 1240. The first-order valence-corrected chi connectivity index (χ1v) is 11.1. The number of para-hydroxylation sites is 1. The maximum atomic E-state index is 12.6. The van der Waals surface area contributed by atoms with E-state index in [4.69, 9.17) is 4.42 Å². The van der Waals surface area contributed by atoms with Crippen LogP contribution in [0.15, 0.2) is 64.9 Å². The second-order valence-electron chi connectivity index (χ2n) is 6.93. The summed E-state index contributed by atoms with van der Waals surface area (Å²) in [5, 5.41) is 16.7. The van der Waals surface area contributed by atoms with Crippen LogP contribution >= 0.6 is 0 Å². The van der Waals surface area contributed by atoms with Crippen LogP contribution in [0.25, 0.3) is 23.2 Å². The first-order valence-electron chi connectivity index (χ1n) is 9.27. The third-order valence-corrected chi connectivity index (χ3v) is 6.52. The normalized spacial score (nSPS) is 18.1. The van der Waals surface area contributed by atoms with Crippen molar-refractivity contribution in [3.63, 3.8) is 0 Å². The average Bonchev–Trinajstić information content (AvgIpc) is 3.46. The molecule has 2 aromatic heterocycles. The Morgan fingerprint density at radius 2 is 2.07 bits per heavy atom. The van der Waals surface area contributed by atoms with Crippen LogP contribution in [0.5, 0.6) is 0 Å². The Morgan fingerprint density at radius 1 is 1.27 bits per heavy atom. The SMILES string of the molecule is N#C/C(=C\c1cn(-c2ccccc2)nc1-c1ccco1)C(=O)NC1CCS(=O)(=O)C1. The largest absolute Gasteiger partial charge is 0.463 e. The molecule has 3 heterocycles. The Balaban J connectivity index is 1.67. The van der Waals surface area contributed by atoms with Crippen LogP contribution in [0.4, 0.5) is 0 Å². The molecule has 1 aromatic carbocycles. The minimum Gasteiger partial charge on any atom is -0.463 e. The van der Waals surface area contributed by atoms with E-state index in [2.05, 4.69) is 10.4 Å². The van der Waals surface area contributed by atoms with Crippen LogP contribution in [0, 0.1) is 11.3 Å². The quantitative estimate of drug-likeness (QED) is 0.498. The first kappa shape index (κ1) is 19.7. The molecule has 3 aromatic rings. The Morgan fingerprint density at radius 3 is 2.70 bits per heavy atom. The average molecular weight is 422 g/mol. The van der Waals surface area contributed by atoms with Crippen molar-refractivity contribution in [2.24, 2.45) is 0 Å². The second kappa shape index (κ2) is 8.00. The molecule has 1 unspecified atom stereocenters. The molecule has 1 fully saturated rings. The van der Waals surface area contributed by atoms with Crippen LogP contribution < -0.4 is 5.32 Å². The highest BCUT2D eigenvalue weighted by Gasteiger charge is 2.29. The number of nitrogens with one attached hydrogen (secondary N) is 1. The summed E-state index contributed by atoms with van der Waals surface area (Å²) in [6.07, 6.45) is 5.00. The molecule has 152 valence electrons. The maximum absolute atomic E-state index is 12.6. The van der Waals surface area contributed by atoms with Gasteiger partial charge in [-0.1, -0.05) is 18.2 Å². The second-order valence-corrected chi connectivity index (χ2v) is 9.16. The lowest BCUT2D eigenvalue weighted by atomic mass is 10.1. The van der Waals surface area contributed by atoms with Gasteiger partial charge in [-0.25, -0.2) is 13.1 Å². The van der Waals surface area contributed by atoms with Gasteiger partial charge in [0.2, 0.25) is 0 Å². The van der Waals surface area contributed by atoms with Gasteiger partial charge >= 0.3 is 0 Å². The van der Waals surface area contributed by atoms with E-state index >= 15 is 0 Å². The van der Waals surface area contributed by atoms with Crippen molar-refractivity contribution in [1.29, 1.82) is 5.26 Å². The van der Waals surface area contributed by atoms with Gasteiger partial charge in [0.05, 0.1) is 23.5 Å². The smallest absolute Gasteiger partial charge is 0.262 e. The molecule has 4 rings (SSSR count). The van der Waals surface area contributed by atoms with E-state index in [1.165, 1.54) is 12.3 Å². The van der Waals surface area contributed by atoms with Gasteiger partial charge in [-0.05, 0) is 36.8 Å². The van der Waals surface area contributed by atoms with Crippen molar-refractivity contribution in [2.75, 3.05) is 11.5 Å². The summed E-state index contributed by atoms with van der Waals surface area (Å²) in [6.45, 7) is 0. The number of sulfone groups is 1. The molecule has 8 nitrogen and oxygen atoms in total. The van der Waals surface area contributed by atoms with Gasteiger partial charge < -0.3 is 9.73 Å². The number of amides is 1.